The van der Waals surface area contributed by atoms with E-state index in [9.17, 15) is 4.79 Å². The van der Waals surface area contributed by atoms with Crippen LogP contribution in [0.5, 0.6) is 0 Å². The lowest BCUT2D eigenvalue weighted by Crippen LogP contribution is -2.15. The molecule has 2 rings (SSSR count). The Balaban J connectivity index is 2.26. The van der Waals surface area contributed by atoms with E-state index in [1.807, 2.05) is 0 Å². The average molecular weight is 215 g/mol. The largest absolute Gasteiger partial charge is 0.292 e. The molecule has 1 fully saturated rings. The summed E-state index contributed by atoms with van der Waals surface area (Å²) >= 11 is 11.7. The monoisotopic (exact) mass is 214 g/mol. The first-order chi connectivity index (χ1) is 6.12. The van der Waals surface area contributed by atoms with Gasteiger partial charge in [0.05, 0.1) is 0 Å². The zero-order valence-corrected chi connectivity index (χ0v) is 8.40. The fraction of sp³-hybridized carbons (Fsp3) is 0.300. The molecule has 0 aromatic heterocycles. The molecule has 68 valence electrons. The Bertz CT molecular complexity index is 338. The van der Waals surface area contributed by atoms with Crippen molar-refractivity contribution in [3.8, 4) is 0 Å². The number of rotatable bonds is 2. The van der Waals surface area contributed by atoms with Crippen molar-refractivity contribution in [2.24, 2.45) is 0 Å². The van der Waals surface area contributed by atoms with Gasteiger partial charge in [0, 0.05) is 10.6 Å². The summed E-state index contributed by atoms with van der Waals surface area (Å²) in [5.74, 6) is 0.0193. The number of carbonyl (C=O) groups is 1. The van der Waals surface area contributed by atoms with Crippen molar-refractivity contribution in [2.45, 2.75) is 17.7 Å². The van der Waals surface area contributed by atoms with Crippen molar-refractivity contribution in [1.29, 1.82) is 0 Å². The molecule has 1 saturated carbocycles. The Morgan fingerprint density at radius 1 is 1.23 bits per heavy atom. The number of halogens is 2. The molecule has 0 unspecified atom stereocenters. The van der Waals surface area contributed by atoms with Crippen molar-refractivity contribution < 1.29 is 4.79 Å². The molecule has 1 aliphatic carbocycles. The molecule has 0 heterocycles. The minimum Gasteiger partial charge on any atom is -0.292 e. The van der Waals surface area contributed by atoms with Crippen LogP contribution in [0, 0.1) is 0 Å². The Hall–Kier alpha value is -0.530. The molecule has 1 aliphatic rings. The SMILES string of the molecule is O=C(c1ccc(Cl)cc1)C1(Cl)CC1. The maximum atomic E-state index is 11.7. The molecule has 3 heteroatoms. The van der Waals surface area contributed by atoms with Gasteiger partial charge in [-0.25, -0.2) is 0 Å². The normalized spacial score (nSPS) is 18.3. The van der Waals surface area contributed by atoms with Gasteiger partial charge in [-0.05, 0) is 37.1 Å². The van der Waals surface area contributed by atoms with E-state index >= 15 is 0 Å². The molecule has 1 aromatic rings. The van der Waals surface area contributed by atoms with E-state index in [0.29, 0.717) is 10.6 Å². The number of hydrogen-bond donors (Lipinski definition) is 0. The fourth-order valence-electron chi connectivity index (χ4n) is 1.20. The smallest absolute Gasteiger partial charge is 0.183 e. The van der Waals surface area contributed by atoms with Crippen molar-refractivity contribution in [3.63, 3.8) is 0 Å². The van der Waals surface area contributed by atoms with Crippen LogP contribution in [0.1, 0.15) is 23.2 Å². The molecule has 13 heavy (non-hydrogen) atoms. The number of hydrogen-bond acceptors (Lipinski definition) is 1. The van der Waals surface area contributed by atoms with E-state index in [-0.39, 0.29) is 5.78 Å². The van der Waals surface area contributed by atoms with E-state index < -0.39 is 4.87 Å². The molecule has 0 aliphatic heterocycles. The highest BCUT2D eigenvalue weighted by atomic mass is 35.5. The molecule has 1 aromatic carbocycles. The standard InChI is InChI=1S/C10H8Cl2O/c11-8-3-1-7(2-4-8)9(13)10(12)5-6-10/h1-4H,5-6H2. The zero-order valence-electron chi connectivity index (χ0n) is 6.89. The highest BCUT2D eigenvalue weighted by Crippen LogP contribution is 2.45. The van der Waals surface area contributed by atoms with Crippen LogP contribution in [0.4, 0.5) is 0 Å². The van der Waals surface area contributed by atoms with Crippen LogP contribution in [0.25, 0.3) is 0 Å². The molecule has 0 N–H and O–H groups in total. The summed E-state index contributed by atoms with van der Waals surface area (Å²) in [6, 6.07) is 6.84. The summed E-state index contributed by atoms with van der Waals surface area (Å²) in [5.41, 5.74) is 0.650. The molecule has 0 saturated heterocycles. The number of ketones is 1. The maximum absolute atomic E-state index is 11.7. The number of benzene rings is 1. The third-order valence-electron chi connectivity index (χ3n) is 2.20. The van der Waals surface area contributed by atoms with Gasteiger partial charge in [-0.15, -0.1) is 11.6 Å². The summed E-state index contributed by atoms with van der Waals surface area (Å²) in [6.07, 6.45) is 1.58. The highest BCUT2D eigenvalue weighted by Gasteiger charge is 2.48. The van der Waals surface area contributed by atoms with E-state index in [0.717, 1.165) is 12.8 Å². The van der Waals surface area contributed by atoms with Crippen LogP contribution in [-0.2, 0) is 0 Å². The zero-order chi connectivity index (χ0) is 9.47. The summed E-state index contributed by atoms with van der Waals surface area (Å²) in [6.45, 7) is 0. The van der Waals surface area contributed by atoms with E-state index in [1.54, 1.807) is 24.3 Å². The summed E-state index contributed by atoms with van der Waals surface area (Å²) < 4.78 is 0. The Morgan fingerprint density at radius 3 is 2.23 bits per heavy atom. The third kappa shape index (κ3) is 1.72. The number of alkyl halides is 1. The van der Waals surface area contributed by atoms with Crippen molar-refractivity contribution in [3.05, 3.63) is 34.9 Å². The van der Waals surface area contributed by atoms with Crippen LogP contribution in [0.15, 0.2) is 24.3 Å². The van der Waals surface area contributed by atoms with Crippen LogP contribution < -0.4 is 0 Å². The van der Waals surface area contributed by atoms with Gasteiger partial charge in [0.1, 0.15) is 4.87 Å². The quantitative estimate of drug-likeness (QED) is 0.546. The topological polar surface area (TPSA) is 17.1 Å². The molecular formula is C10H8Cl2O. The maximum Gasteiger partial charge on any atom is 0.183 e. The number of carbonyl (C=O) groups excluding carboxylic acids is 1. The fourth-order valence-corrected chi connectivity index (χ4v) is 1.53. The first-order valence-electron chi connectivity index (χ1n) is 4.11. The molecule has 0 radical (unpaired) electrons. The van der Waals surface area contributed by atoms with Gasteiger partial charge in [-0.2, -0.15) is 0 Å². The second-order valence-corrected chi connectivity index (χ2v) is 4.46. The Morgan fingerprint density at radius 2 is 1.77 bits per heavy atom. The van der Waals surface area contributed by atoms with Crippen molar-refractivity contribution >= 4 is 29.0 Å². The van der Waals surface area contributed by atoms with E-state index in [4.69, 9.17) is 23.2 Å². The molecular weight excluding hydrogens is 207 g/mol. The van der Waals surface area contributed by atoms with Gasteiger partial charge in [-0.3, -0.25) is 4.79 Å². The number of Topliss-reactive ketones (excluding diaryl/α,β-unsaturated/α-hetero) is 1. The minimum atomic E-state index is -0.603. The van der Waals surface area contributed by atoms with Crippen LogP contribution in [0.2, 0.25) is 5.02 Å². The predicted octanol–water partition coefficient (Wildman–Crippen LogP) is 3.29. The molecule has 1 nitrogen and oxygen atoms in total. The van der Waals surface area contributed by atoms with Crippen LogP contribution in [0.3, 0.4) is 0 Å². The summed E-state index contributed by atoms with van der Waals surface area (Å²) in [5, 5.41) is 0.635. The van der Waals surface area contributed by atoms with Crippen molar-refractivity contribution in [2.75, 3.05) is 0 Å². The molecule has 0 atom stereocenters. The molecule has 0 spiro atoms. The first-order valence-corrected chi connectivity index (χ1v) is 4.87. The molecule has 0 amide bonds. The van der Waals surface area contributed by atoms with Gasteiger partial charge < -0.3 is 0 Å². The van der Waals surface area contributed by atoms with Gasteiger partial charge in [0.2, 0.25) is 0 Å². The van der Waals surface area contributed by atoms with Crippen LogP contribution in [-0.4, -0.2) is 10.7 Å². The summed E-state index contributed by atoms with van der Waals surface area (Å²) in [4.78, 5) is 11.1. The van der Waals surface area contributed by atoms with Gasteiger partial charge in [0.15, 0.2) is 5.78 Å². The lowest BCUT2D eigenvalue weighted by molar-refractivity contribution is 0.0978. The summed E-state index contributed by atoms with van der Waals surface area (Å²) in [7, 11) is 0. The lowest BCUT2D eigenvalue weighted by atomic mass is 10.1. The highest BCUT2D eigenvalue weighted by molar-refractivity contribution is 6.40. The van der Waals surface area contributed by atoms with Gasteiger partial charge in [0.25, 0.3) is 0 Å². The van der Waals surface area contributed by atoms with Gasteiger partial charge >= 0.3 is 0 Å². The third-order valence-corrected chi connectivity index (χ3v) is 3.00. The van der Waals surface area contributed by atoms with E-state index in [2.05, 4.69) is 0 Å². The molecule has 0 bridgehead atoms. The predicted molar refractivity (Wildman–Crippen MR) is 53.6 cm³/mol. The van der Waals surface area contributed by atoms with Crippen molar-refractivity contribution in [1.82, 2.24) is 0 Å². The lowest BCUT2D eigenvalue weighted by Gasteiger charge is -2.04. The minimum absolute atomic E-state index is 0.0193. The average Bonchev–Trinajstić information content (AvgIpc) is 2.85. The van der Waals surface area contributed by atoms with Crippen LogP contribution >= 0.6 is 23.2 Å². The second kappa shape index (κ2) is 3.00. The Kier molecular flexibility index (Phi) is 2.09. The Labute approximate surface area is 86.7 Å². The first kappa shape index (κ1) is 9.04. The van der Waals surface area contributed by atoms with E-state index in [1.165, 1.54) is 0 Å². The van der Waals surface area contributed by atoms with Gasteiger partial charge in [-0.1, -0.05) is 11.6 Å². The second-order valence-electron chi connectivity index (χ2n) is 3.30.